The highest BCUT2D eigenvalue weighted by Crippen LogP contribution is 2.24. The Kier molecular flexibility index (Phi) is 4.72. The predicted molar refractivity (Wildman–Crippen MR) is 94.7 cm³/mol. The van der Waals surface area contributed by atoms with E-state index in [4.69, 9.17) is 4.42 Å². The van der Waals surface area contributed by atoms with Crippen LogP contribution in [0.15, 0.2) is 63.9 Å². The molecule has 0 aliphatic rings. The van der Waals surface area contributed by atoms with Crippen molar-refractivity contribution in [1.29, 1.82) is 0 Å². The van der Waals surface area contributed by atoms with Crippen LogP contribution in [-0.2, 0) is 4.79 Å². The van der Waals surface area contributed by atoms with Gasteiger partial charge in [-0.1, -0.05) is 36.4 Å². The number of para-hydroxylation sites is 1. The van der Waals surface area contributed by atoms with Crippen molar-refractivity contribution in [2.24, 2.45) is 0 Å². The van der Waals surface area contributed by atoms with Crippen molar-refractivity contribution < 1.29 is 9.21 Å². The van der Waals surface area contributed by atoms with Gasteiger partial charge < -0.3 is 9.73 Å². The minimum Gasteiger partial charge on any atom is -0.459 e. The van der Waals surface area contributed by atoms with Gasteiger partial charge in [-0.3, -0.25) is 4.79 Å². The molecule has 4 heteroatoms. The molecule has 0 unspecified atom stereocenters. The largest absolute Gasteiger partial charge is 0.459 e. The molecule has 3 rings (SSSR count). The van der Waals surface area contributed by atoms with Crippen LogP contribution in [0.1, 0.15) is 24.3 Å². The number of fused-ring (bicyclic) bond motifs is 1. The summed E-state index contributed by atoms with van der Waals surface area (Å²) in [5.41, 5.74) is 2.04. The van der Waals surface area contributed by atoms with Crippen molar-refractivity contribution in [1.82, 2.24) is 5.32 Å². The first-order valence-corrected chi connectivity index (χ1v) is 8.58. The maximum atomic E-state index is 12.2. The van der Waals surface area contributed by atoms with Gasteiger partial charge >= 0.3 is 0 Å². The van der Waals surface area contributed by atoms with Gasteiger partial charge in [0.1, 0.15) is 11.3 Å². The van der Waals surface area contributed by atoms with Gasteiger partial charge in [0.25, 0.3) is 0 Å². The third-order valence-corrected chi connectivity index (χ3v) is 4.88. The number of nitrogens with one attached hydrogen (secondary N) is 1. The summed E-state index contributed by atoms with van der Waals surface area (Å²) in [7, 11) is 0. The van der Waals surface area contributed by atoms with E-state index in [-0.39, 0.29) is 11.9 Å². The van der Waals surface area contributed by atoms with E-state index in [9.17, 15) is 4.79 Å². The Morgan fingerprint density at radius 3 is 2.70 bits per heavy atom. The molecule has 3 nitrogen and oxygen atoms in total. The summed E-state index contributed by atoms with van der Waals surface area (Å²) in [6, 6.07) is 17.8. The molecule has 0 fully saturated rings. The smallest absolute Gasteiger partial charge is 0.230 e. The highest BCUT2D eigenvalue weighted by Gasteiger charge is 2.14. The maximum Gasteiger partial charge on any atom is 0.230 e. The zero-order chi connectivity index (χ0) is 16.2. The summed E-state index contributed by atoms with van der Waals surface area (Å²) in [5, 5.41) is 4.05. The molecular formula is C19H19NO2S. The lowest BCUT2D eigenvalue weighted by molar-refractivity contribution is -0.119. The topological polar surface area (TPSA) is 42.2 Å². The third kappa shape index (κ3) is 3.77. The van der Waals surface area contributed by atoms with Crippen LogP contribution in [0, 0.1) is 6.92 Å². The Balaban J connectivity index is 1.60. The summed E-state index contributed by atoms with van der Waals surface area (Å²) in [6.07, 6.45) is 0. The summed E-state index contributed by atoms with van der Waals surface area (Å²) in [5.74, 6) is 1.18. The van der Waals surface area contributed by atoms with Gasteiger partial charge in [0.05, 0.1) is 11.8 Å². The molecule has 0 bridgehead atoms. The number of carbonyl (C=O) groups is 1. The van der Waals surface area contributed by atoms with Crippen molar-refractivity contribution in [2.45, 2.75) is 24.8 Å². The van der Waals surface area contributed by atoms with Crippen LogP contribution in [0.3, 0.4) is 0 Å². The van der Waals surface area contributed by atoms with Gasteiger partial charge in [-0.2, -0.15) is 0 Å². The standard InChI is InChI=1S/C19H19NO2S/c1-13-7-3-6-10-18(13)23-12-19(21)20-14(2)17-11-15-8-4-5-9-16(15)22-17/h3-11,14H,12H2,1-2H3,(H,20,21)/t14-/m1/s1. The van der Waals surface area contributed by atoms with Crippen LogP contribution in [0.4, 0.5) is 0 Å². The van der Waals surface area contributed by atoms with Crippen LogP contribution in [-0.4, -0.2) is 11.7 Å². The molecular weight excluding hydrogens is 306 g/mol. The quantitative estimate of drug-likeness (QED) is 0.691. The molecule has 0 saturated heterocycles. The number of rotatable bonds is 5. The minimum absolute atomic E-state index is 0.00575. The van der Waals surface area contributed by atoms with E-state index in [0.29, 0.717) is 5.75 Å². The van der Waals surface area contributed by atoms with E-state index in [1.165, 1.54) is 5.56 Å². The molecule has 1 amide bonds. The molecule has 2 aromatic carbocycles. The summed E-state index contributed by atoms with van der Waals surface area (Å²) in [6.45, 7) is 3.99. The zero-order valence-corrected chi connectivity index (χ0v) is 14.0. The molecule has 0 saturated carbocycles. The fourth-order valence-electron chi connectivity index (χ4n) is 2.43. The van der Waals surface area contributed by atoms with Gasteiger partial charge in [0, 0.05) is 10.3 Å². The average Bonchev–Trinajstić information content (AvgIpc) is 2.98. The van der Waals surface area contributed by atoms with E-state index in [1.54, 1.807) is 11.8 Å². The number of hydrogen-bond donors (Lipinski definition) is 1. The van der Waals surface area contributed by atoms with E-state index in [1.807, 2.05) is 55.5 Å². The molecule has 1 N–H and O–H groups in total. The first-order chi connectivity index (χ1) is 11.1. The second kappa shape index (κ2) is 6.92. The predicted octanol–water partition coefficient (Wildman–Crippen LogP) is 4.71. The van der Waals surface area contributed by atoms with Gasteiger partial charge in [0.15, 0.2) is 0 Å². The fraction of sp³-hybridized carbons (Fsp3) is 0.211. The molecule has 1 aromatic heterocycles. The molecule has 23 heavy (non-hydrogen) atoms. The van der Waals surface area contributed by atoms with Crippen LogP contribution in [0.2, 0.25) is 0 Å². The van der Waals surface area contributed by atoms with E-state index < -0.39 is 0 Å². The van der Waals surface area contributed by atoms with Gasteiger partial charge in [0.2, 0.25) is 5.91 Å². The lowest BCUT2D eigenvalue weighted by Gasteiger charge is -2.11. The number of hydrogen-bond acceptors (Lipinski definition) is 3. The van der Waals surface area contributed by atoms with Crippen molar-refractivity contribution >= 4 is 28.6 Å². The van der Waals surface area contributed by atoms with Gasteiger partial charge in [-0.05, 0) is 37.6 Å². The Labute approximate surface area is 140 Å². The summed E-state index contributed by atoms with van der Waals surface area (Å²) in [4.78, 5) is 13.3. The van der Waals surface area contributed by atoms with E-state index >= 15 is 0 Å². The van der Waals surface area contributed by atoms with Crippen LogP contribution in [0.5, 0.6) is 0 Å². The summed E-state index contributed by atoms with van der Waals surface area (Å²) >= 11 is 1.55. The first kappa shape index (κ1) is 15.7. The molecule has 3 aromatic rings. The van der Waals surface area contributed by atoms with Gasteiger partial charge in [-0.25, -0.2) is 0 Å². The Hall–Kier alpha value is -2.20. The fourth-order valence-corrected chi connectivity index (χ4v) is 3.27. The monoisotopic (exact) mass is 325 g/mol. The molecule has 0 aliphatic carbocycles. The minimum atomic E-state index is -0.146. The highest BCUT2D eigenvalue weighted by molar-refractivity contribution is 8.00. The van der Waals surface area contributed by atoms with Crippen LogP contribution >= 0.6 is 11.8 Å². The third-order valence-electron chi connectivity index (χ3n) is 3.70. The lowest BCUT2D eigenvalue weighted by atomic mass is 10.2. The number of thioether (sulfide) groups is 1. The second-order valence-electron chi connectivity index (χ2n) is 5.53. The van der Waals surface area contributed by atoms with Crippen molar-refractivity contribution in [3.05, 3.63) is 65.9 Å². The number of carbonyl (C=O) groups excluding carboxylic acids is 1. The number of benzene rings is 2. The van der Waals surface area contributed by atoms with Crippen LogP contribution in [0.25, 0.3) is 11.0 Å². The normalized spacial score (nSPS) is 12.3. The average molecular weight is 325 g/mol. The second-order valence-corrected chi connectivity index (χ2v) is 6.55. The van der Waals surface area contributed by atoms with E-state index in [2.05, 4.69) is 18.3 Å². The molecule has 0 aliphatic heterocycles. The molecule has 0 spiro atoms. The number of aryl methyl sites for hydroxylation is 1. The highest BCUT2D eigenvalue weighted by atomic mass is 32.2. The first-order valence-electron chi connectivity index (χ1n) is 7.60. The number of furan rings is 1. The van der Waals surface area contributed by atoms with Crippen molar-refractivity contribution in [3.8, 4) is 0 Å². The number of amides is 1. The molecule has 0 radical (unpaired) electrons. The molecule has 118 valence electrons. The Morgan fingerprint density at radius 1 is 1.17 bits per heavy atom. The maximum absolute atomic E-state index is 12.2. The Morgan fingerprint density at radius 2 is 1.91 bits per heavy atom. The van der Waals surface area contributed by atoms with Crippen molar-refractivity contribution in [2.75, 3.05) is 5.75 Å². The van der Waals surface area contributed by atoms with Gasteiger partial charge in [-0.15, -0.1) is 11.8 Å². The van der Waals surface area contributed by atoms with Crippen molar-refractivity contribution in [3.63, 3.8) is 0 Å². The van der Waals surface area contributed by atoms with E-state index in [0.717, 1.165) is 21.6 Å². The summed E-state index contributed by atoms with van der Waals surface area (Å²) < 4.78 is 5.79. The van der Waals surface area contributed by atoms with Crippen LogP contribution < -0.4 is 5.32 Å². The zero-order valence-electron chi connectivity index (χ0n) is 13.2. The molecule has 1 heterocycles. The molecule has 1 atom stereocenters. The lowest BCUT2D eigenvalue weighted by Crippen LogP contribution is -2.27. The SMILES string of the molecule is Cc1ccccc1SCC(=O)N[C@H](C)c1cc2ccccc2o1. The Bertz CT molecular complexity index is 792.